The number of aliphatic hydroxyl groups is 1. The van der Waals surface area contributed by atoms with Gasteiger partial charge < -0.3 is 5.11 Å². The van der Waals surface area contributed by atoms with Crippen molar-refractivity contribution in [2.75, 3.05) is 5.75 Å². The third-order valence-electron chi connectivity index (χ3n) is 2.72. The molecule has 1 unspecified atom stereocenters. The van der Waals surface area contributed by atoms with Crippen molar-refractivity contribution < 1.29 is 5.11 Å². The molecule has 0 spiro atoms. The molecule has 0 aliphatic carbocycles. The van der Waals surface area contributed by atoms with Gasteiger partial charge in [0.05, 0.1) is 16.3 Å². The zero-order valence-electron chi connectivity index (χ0n) is 10.1. The normalized spacial score (nSPS) is 15.7. The average Bonchev–Trinajstić information content (AvgIpc) is 2.41. The lowest BCUT2D eigenvalue weighted by Crippen LogP contribution is -2.33. The third-order valence-corrected chi connectivity index (χ3v) is 4.12. The van der Waals surface area contributed by atoms with Crippen LogP contribution in [0.4, 0.5) is 0 Å². The van der Waals surface area contributed by atoms with Crippen LogP contribution in [-0.2, 0) is 7.05 Å². The van der Waals surface area contributed by atoms with Crippen LogP contribution < -0.4 is 0 Å². The first-order chi connectivity index (χ1) is 6.83. The van der Waals surface area contributed by atoms with Crippen molar-refractivity contribution in [2.45, 2.75) is 38.3 Å². The van der Waals surface area contributed by atoms with Crippen LogP contribution in [-0.4, -0.2) is 26.2 Å². The van der Waals surface area contributed by atoms with Gasteiger partial charge in [0.25, 0.3) is 0 Å². The molecule has 4 heteroatoms. The van der Waals surface area contributed by atoms with Crippen molar-refractivity contribution >= 4 is 11.8 Å². The van der Waals surface area contributed by atoms with Gasteiger partial charge in [0.1, 0.15) is 0 Å². The van der Waals surface area contributed by atoms with E-state index >= 15 is 0 Å². The zero-order valence-corrected chi connectivity index (χ0v) is 10.9. The maximum Gasteiger partial charge on any atom is 0.0940 e. The molecule has 0 aliphatic heterocycles. The van der Waals surface area contributed by atoms with E-state index in [1.54, 1.807) is 11.8 Å². The van der Waals surface area contributed by atoms with Crippen LogP contribution in [0.15, 0.2) is 11.1 Å². The number of aryl methyl sites for hydroxylation is 2. The van der Waals surface area contributed by atoms with Crippen molar-refractivity contribution in [3.63, 3.8) is 0 Å². The van der Waals surface area contributed by atoms with E-state index in [2.05, 4.69) is 5.10 Å². The first-order valence-electron chi connectivity index (χ1n) is 5.19. The number of nitrogens with zero attached hydrogens (tertiary/aromatic N) is 2. The van der Waals surface area contributed by atoms with Crippen molar-refractivity contribution in [2.24, 2.45) is 13.0 Å². The van der Waals surface area contributed by atoms with Crippen LogP contribution in [0.5, 0.6) is 0 Å². The first kappa shape index (κ1) is 12.6. The zero-order chi connectivity index (χ0) is 11.6. The Labute approximate surface area is 95.9 Å². The SMILES string of the molecule is Cc1cc(SCC(C)(O)C(C)C)n(C)n1. The van der Waals surface area contributed by atoms with E-state index in [1.165, 1.54) is 0 Å². The van der Waals surface area contributed by atoms with E-state index in [0.29, 0.717) is 5.75 Å². The van der Waals surface area contributed by atoms with Crippen LogP contribution in [0.2, 0.25) is 0 Å². The largest absolute Gasteiger partial charge is 0.389 e. The van der Waals surface area contributed by atoms with E-state index in [-0.39, 0.29) is 5.92 Å². The standard InChI is InChI=1S/C11H20N2OS/c1-8(2)11(4,14)7-15-10-6-9(3)12-13(10)5/h6,8,14H,7H2,1-5H3. The summed E-state index contributed by atoms with van der Waals surface area (Å²) in [4.78, 5) is 0. The van der Waals surface area contributed by atoms with Crippen LogP contribution in [0.25, 0.3) is 0 Å². The molecule has 0 saturated carbocycles. The van der Waals surface area contributed by atoms with Crippen LogP contribution in [0, 0.1) is 12.8 Å². The average molecular weight is 228 g/mol. The molecule has 1 heterocycles. The molecular formula is C11H20N2OS. The second-order valence-corrected chi connectivity index (χ2v) is 5.54. The smallest absolute Gasteiger partial charge is 0.0940 e. The summed E-state index contributed by atoms with van der Waals surface area (Å²) in [6.45, 7) is 7.93. The number of thioether (sulfide) groups is 1. The Morgan fingerprint density at radius 2 is 2.20 bits per heavy atom. The molecule has 3 nitrogen and oxygen atoms in total. The summed E-state index contributed by atoms with van der Waals surface area (Å²) in [5.41, 5.74) is 0.396. The lowest BCUT2D eigenvalue weighted by atomic mass is 9.95. The Kier molecular flexibility index (Phi) is 3.84. The molecule has 0 bridgehead atoms. The van der Waals surface area contributed by atoms with Gasteiger partial charge in [-0.3, -0.25) is 4.68 Å². The minimum Gasteiger partial charge on any atom is -0.389 e. The fraction of sp³-hybridized carbons (Fsp3) is 0.727. The van der Waals surface area contributed by atoms with Crippen molar-refractivity contribution in [1.82, 2.24) is 9.78 Å². The second kappa shape index (κ2) is 4.58. The molecule has 0 saturated heterocycles. The van der Waals surface area contributed by atoms with Gasteiger partial charge in [-0.2, -0.15) is 5.10 Å². The molecule has 86 valence electrons. The minimum atomic E-state index is -0.622. The third kappa shape index (κ3) is 3.24. The molecule has 1 N–H and O–H groups in total. The Morgan fingerprint density at radius 3 is 2.60 bits per heavy atom. The lowest BCUT2D eigenvalue weighted by Gasteiger charge is -2.26. The first-order valence-corrected chi connectivity index (χ1v) is 6.17. The highest BCUT2D eigenvalue weighted by atomic mass is 32.2. The van der Waals surface area contributed by atoms with Gasteiger partial charge in [-0.05, 0) is 25.8 Å². The Bertz CT molecular complexity index is 331. The number of rotatable bonds is 4. The fourth-order valence-corrected chi connectivity index (χ4v) is 2.36. The van der Waals surface area contributed by atoms with Gasteiger partial charge >= 0.3 is 0 Å². The number of hydrogen-bond donors (Lipinski definition) is 1. The Hall–Kier alpha value is -0.480. The Balaban J connectivity index is 2.61. The molecule has 1 atom stereocenters. The highest BCUT2D eigenvalue weighted by Gasteiger charge is 2.25. The molecule has 0 aliphatic rings. The molecule has 1 aromatic rings. The van der Waals surface area contributed by atoms with Crippen LogP contribution in [0.1, 0.15) is 26.5 Å². The van der Waals surface area contributed by atoms with E-state index in [1.807, 2.05) is 45.5 Å². The van der Waals surface area contributed by atoms with Gasteiger partial charge in [-0.15, -0.1) is 11.8 Å². The van der Waals surface area contributed by atoms with Gasteiger partial charge in [0.15, 0.2) is 0 Å². The lowest BCUT2D eigenvalue weighted by molar-refractivity contribution is 0.0376. The maximum absolute atomic E-state index is 10.1. The number of hydrogen-bond acceptors (Lipinski definition) is 3. The van der Waals surface area contributed by atoms with Crippen molar-refractivity contribution in [1.29, 1.82) is 0 Å². The highest BCUT2D eigenvalue weighted by Crippen LogP contribution is 2.27. The molecule has 1 aromatic heterocycles. The van der Waals surface area contributed by atoms with E-state index in [9.17, 15) is 5.11 Å². The van der Waals surface area contributed by atoms with Gasteiger partial charge in [-0.25, -0.2) is 0 Å². The van der Waals surface area contributed by atoms with Crippen LogP contribution >= 0.6 is 11.8 Å². The quantitative estimate of drug-likeness (QED) is 0.803. The summed E-state index contributed by atoms with van der Waals surface area (Å²) in [6, 6.07) is 2.04. The van der Waals surface area contributed by atoms with Crippen LogP contribution in [0.3, 0.4) is 0 Å². The fourth-order valence-electron chi connectivity index (χ4n) is 1.11. The molecule has 0 aromatic carbocycles. The summed E-state index contributed by atoms with van der Waals surface area (Å²) < 4.78 is 1.86. The molecule has 0 radical (unpaired) electrons. The molecule has 0 amide bonds. The van der Waals surface area contributed by atoms with Gasteiger partial charge in [-0.1, -0.05) is 13.8 Å². The Morgan fingerprint density at radius 1 is 1.60 bits per heavy atom. The summed E-state index contributed by atoms with van der Waals surface area (Å²) in [5, 5.41) is 15.5. The monoisotopic (exact) mass is 228 g/mol. The van der Waals surface area contributed by atoms with E-state index in [0.717, 1.165) is 10.7 Å². The van der Waals surface area contributed by atoms with Gasteiger partial charge in [0, 0.05) is 12.8 Å². The predicted octanol–water partition coefficient (Wildman–Crippen LogP) is 2.23. The van der Waals surface area contributed by atoms with E-state index < -0.39 is 5.60 Å². The molecule has 1 rings (SSSR count). The van der Waals surface area contributed by atoms with E-state index in [4.69, 9.17) is 0 Å². The minimum absolute atomic E-state index is 0.263. The highest BCUT2D eigenvalue weighted by molar-refractivity contribution is 7.99. The predicted molar refractivity (Wildman–Crippen MR) is 64.1 cm³/mol. The second-order valence-electron chi connectivity index (χ2n) is 4.55. The van der Waals surface area contributed by atoms with Crippen molar-refractivity contribution in [3.8, 4) is 0 Å². The van der Waals surface area contributed by atoms with Crippen molar-refractivity contribution in [3.05, 3.63) is 11.8 Å². The topological polar surface area (TPSA) is 38.0 Å². The molecular weight excluding hydrogens is 208 g/mol. The summed E-state index contributed by atoms with van der Waals surface area (Å²) in [7, 11) is 1.93. The maximum atomic E-state index is 10.1. The summed E-state index contributed by atoms with van der Waals surface area (Å²) in [5.74, 6) is 0.961. The summed E-state index contributed by atoms with van der Waals surface area (Å²) in [6.07, 6.45) is 0. The molecule has 15 heavy (non-hydrogen) atoms. The summed E-state index contributed by atoms with van der Waals surface area (Å²) >= 11 is 1.65. The van der Waals surface area contributed by atoms with Gasteiger partial charge in [0.2, 0.25) is 0 Å². The molecule has 0 fully saturated rings. The number of aromatic nitrogens is 2.